The number of hydrogen-bond donors (Lipinski definition) is 0. The lowest BCUT2D eigenvalue weighted by atomic mass is 10.0. The second-order valence-electron chi connectivity index (χ2n) is 4.12. The van der Waals surface area contributed by atoms with E-state index in [1.165, 1.54) is 6.92 Å². The van der Waals surface area contributed by atoms with E-state index in [1.807, 2.05) is 0 Å². The third kappa shape index (κ3) is 2.61. The Balaban J connectivity index is 2.67. The van der Waals surface area contributed by atoms with Crippen molar-refractivity contribution in [1.29, 1.82) is 0 Å². The summed E-state index contributed by atoms with van der Waals surface area (Å²) in [6, 6.07) is 2.70. The summed E-state index contributed by atoms with van der Waals surface area (Å²) >= 11 is 0. The summed E-state index contributed by atoms with van der Waals surface area (Å²) in [7, 11) is 1.08. The summed E-state index contributed by atoms with van der Waals surface area (Å²) in [5, 5.41) is 3.46. The molecule has 0 aliphatic heterocycles. The van der Waals surface area contributed by atoms with Crippen molar-refractivity contribution in [2.75, 3.05) is 7.11 Å². The Hall–Kier alpha value is -2.38. The zero-order valence-corrected chi connectivity index (χ0v) is 10.9. The number of aryl methyl sites for hydroxylation is 1. The van der Waals surface area contributed by atoms with Crippen LogP contribution in [0.15, 0.2) is 22.7 Å². The molecule has 1 aromatic heterocycles. The summed E-state index contributed by atoms with van der Waals surface area (Å²) in [4.78, 5) is 11.6. The van der Waals surface area contributed by atoms with E-state index in [2.05, 4.69) is 9.89 Å². The van der Waals surface area contributed by atoms with Crippen LogP contribution in [0.2, 0.25) is 0 Å². The van der Waals surface area contributed by atoms with Gasteiger partial charge in [0.05, 0.1) is 12.7 Å². The summed E-state index contributed by atoms with van der Waals surface area (Å²) < 4.78 is 61.4. The highest BCUT2D eigenvalue weighted by molar-refractivity contribution is 5.97. The van der Waals surface area contributed by atoms with Crippen molar-refractivity contribution in [3.63, 3.8) is 0 Å². The standard InChI is InChI=1S/C13H9F4NO3/c1-6-9(12(19)20-2)11(18-21-6)7-4-3-5-8(10(7)14)13(15,16)17/h3-5H,1-2H3. The molecule has 0 saturated heterocycles. The number of alkyl halides is 3. The lowest BCUT2D eigenvalue weighted by Crippen LogP contribution is -2.10. The van der Waals surface area contributed by atoms with E-state index in [4.69, 9.17) is 4.52 Å². The van der Waals surface area contributed by atoms with E-state index in [0.29, 0.717) is 6.07 Å². The average molecular weight is 303 g/mol. The Morgan fingerprint density at radius 1 is 1.33 bits per heavy atom. The van der Waals surface area contributed by atoms with E-state index in [1.54, 1.807) is 0 Å². The van der Waals surface area contributed by atoms with Gasteiger partial charge in [-0.1, -0.05) is 11.2 Å². The molecule has 2 aromatic rings. The van der Waals surface area contributed by atoms with Crippen molar-refractivity contribution in [2.24, 2.45) is 0 Å². The van der Waals surface area contributed by atoms with Crippen molar-refractivity contribution in [3.05, 3.63) is 40.9 Å². The molecule has 0 saturated carbocycles. The van der Waals surface area contributed by atoms with Crippen LogP contribution >= 0.6 is 0 Å². The fourth-order valence-electron chi connectivity index (χ4n) is 1.83. The van der Waals surface area contributed by atoms with Gasteiger partial charge in [0.2, 0.25) is 0 Å². The van der Waals surface area contributed by atoms with Gasteiger partial charge in [-0.25, -0.2) is 9.18 Å². The number of esters is 1. The highest BCUT2D eigenvalue weighted by Gasteiger charge is 2.36. The predicted molar refractivity (Wildman–Crippen MR) is 63.0 cm³/mol. The Morgan fingerprint density at radius 3 is 2.57 bits per heavy atom. The topological polar surface area (TPSA) is 52.3 Å². The second kappa shape index (κ2) is 5.19. The van der Waals surface area contributed by atoms with Gasteiger partial charge in [-0.15, -0.1) is 0 Å². The second-order valence-corrected chi connectivity index (χ2v) is 4.12. The maximum Gasteiger partial charge on any atom is 0.419 e. The molecule has 0 atom stereocenters. The first kappa shape index (κ1) is 15.0. The molecule has 0 aliphatic rings. The number of ether oxygens (including phenoxy) is 1. The molecule has 0 unspecified atom stereocenters. The first-order valence-electron chi connectivity index (χ1n) is 5.68. The van der Waals surface area contributed by atoms with Gasteiger partial charge in [-0.3, -0.25) is 0 Å². The van der Waals surface area contributed by atoms with Gasteiger partial charge in [-0.2, -0.15) is 13.2 Å². The molecule has 21 heavy (non-hydrogen) atoms. The first-order chi connectivity index (χ1) is 9.77. The summed E-state index contributed by atoms with van der Waals surface area (Å²) in [6.45, 7) is 1.37. The minimum absolute atomic E-state index is 0.0219. The maximum atomic E-state index is 14.1. The number of hydrogen-bond acceptors (Lipinski definition) is 4. The highest BCUT2D eigenvalue weighted by atomic mass is 19.4. The van der Waals surface area contributed by atoms with Crippen LogP contribution in [0.4, 0.5) is 17.6 Å². The number of benzene rings is 1. The monoisotopic (exact) mass is 303 g/mol. The predicted octanol–water partition coefficient (Wildman–Crippen LogP) is 3.59. The molecule has 0 bridgehead atoms. The van der Waals surface area contributed by atoms with Crippen LogP contribution in [0, 0.1) is 12.7 Å². The van der Waals surface area contributed by atoms with Crippen LogP contribution < -0.4 is 0 Å². The van der Waals surface area contributed by atoms with Crippen LogP contribution in [0.5, 0.6) is 0 Å². The Morgan fingerprint density at radius 2 is 2.00 bits per heavy atom. The fraction of sp³-hybridized carbons (Fsp3) is 0.231. The number of carbonyl (C=O) groups is 1. The molecule has 112 valence electrons. The number of nitrogens with zero attached hydrogens (tertiary/aromatic N) is 1. The molecule has 0 N–H and O–H groups in total. The summed E-state index contributed by atoms with van der Waals surface area (Å²) in [5.74, 6) is -2.38. The third-order valence-corrected chi connectivity index (χ3v) is 2.81. The van der Waals surface area contributed by atoms with Gasteiger partial charge in [0.25, 0.3) is 0 Å². The lowest BCUT2D eigenvalue weighted by Gasteiger charge is -2.10. The van der Waals surface area contributed by atoms with Gasteiger partial charge < -0.3 is 9.26 Å². The molecule has 0 fully saturated rings. The van der Waals surface area contributed by atoms with E-state index in [-0.39, 0.29) is 17.0 Å². The SMILES string of the molecule is COC(=O)c1c(-c2cccc(C(F)(F)F)c2F)noc1C. The minimum atomic E-state index is -4.86. The van der Waals surface area contributed by atoms with E-state index in [9.17, 15) is 22.4 Å². The molecule has 1 heterocycles. The number of methoxy groups -OCH3 is 1. The van der Waals surface area contributed by atoms with Gasteiger partial charge >= 0.3 is 12.1 Å². The van der Waals surface area contributed by atoms with Crippen LogP contribution in [0.25, 0.3) is 11.3 Å². The number of rotatable bonds is 2. The zero-order valence-electron chi connectivity index (χ0n) is 10.9. The Kier molecular flexibility index (Phi) is 3.71. The molecule has 1 aromatic carbocycles. The normalized spacial score (nSPS) is 11.5. The van der Waals surface area contributed by atoms with Crippen LogP contribution in [-0.4, -0.2) is 18.2 Å². The number of aromatic nitrogens is 1. The molecule has 0 spiro atoms. The summed E-state index contributed by atoms with van der Waals surface area (Å²) in [5.41, 5.74) is -2.47. The lowest BCUT2D eigenvalue weighted by molar-refractivity contribution is -0.139. The summed E-state index contributed by atoms with van der Waals surface area (Å²) in [6.07, 6.45) is -4.86. The van der Waals surface area contributed by atoms with E-state index < -0.39 is 29.1 Å². The van der Waals surface area contributed by atoms with E-state index in [0.717, 1.165) is 19.2 Å². The third-order valence-electron chi connectivity index (χ3n) is 2.81. The van der Waals surface area contributed by atoms with Gasteiger partial charge in [0.1, 0.15) is 22.8 Å². The molecular formula is C13H9F4NO3. The zero-order chi connectivity index (χ0) is 15.8. The fourth-order valence-corrected chi connectivity index (χ4v) is 1.83. The minimum Gasteiger partial charge on any atom is -0.465 e. The first-order valence-corrected chi connectivity index (χ1v) is 5.68. The largest absolute Gasteiger partial charge is 0.465 e. The molecule has 0 aliphatic carbocycles. The van der Waals surface area contributed by atoms with Crippen molar-refractivity contribution in [1.82, 2.24) is 5.16 Å². The van der Waals surface area contributed by atoms with Gasteiger partial charge in [0, 0.05) is 5.56 Å². The molecule has 4 nitrogen and oxygen atoms in total. The van der Waals surface area contributed by atoms with Crippen molar-refractivity contribution in [2.45, 2.75) is 13.1 Å². The highest BCUT2D eigenvalue weighted by Crippen LogP contribution is 2.36. The van der Waals surface area contributed by atoms with Crippen LogP contribution in [0.3, 0.4) is 0 Å². The van der Waals surface area contributed by atoms with Crippen LogP contribution in [-0.2, 0) is 10.9 Å². The molecule has 8 heteroatoms. The smallest absolute Gasteiger partial charge is 0.419 e. The van der Waals surface area contributed by atoms with Crippen LogP contribution in [0.1, 0.15) is 21.7 Å². The Labute approximate surface area is 116 Å². The Bertz CT molecular complexity index is 691. The van der Waals surface area contributed by atoms with Crippen molar-refractivity contribution in [3.8, 4) is 11.3 Å². The molecule has 0 amide bonds. The molecule has 2 rings (SSSR count). The van der Waals surface area contributed by atoms with Gasteiger partial charge in [0.15, 0.2) is 0 Å². The number of halogens is 4. The van der Waals surface area contributed by atoms with Crippen molar-refractivity contribution >= 4 is 5.97 Å². The molecule has 0 radical (unpaired) electrons. The average Bonchev–Trinajstić information content (AvgIpc) is 2.78. The quantitative estimate of drug-likeness (QED) is 0.628. The van der Waals surface area contributed by atoms with E-state index >= 15 is 0 Å². The number of carbonyl (C=O) groups excluding carboxylic acids is 1. The molecular weight excluding hydrogens is 294 g/mol. The van der Waals surface area contributed by atoms with Crippen molar-refractivity contribution < 1.29 is 31.6 Å². The maximum absolute atomic E-state index is 14.1. The van der Waals surface area contributed by atoms with Gasteiger partial charge in [-0.05, 0) is 19.1 Å².